The summed E-state index contributed by atoms with van der Waals surface area (Å²) < 4.78 is 1.83. The van der Waals surface area contributed by atoms with Crippen molar-refractivity contribution in [1.29, 1.82) is 0 Å². The molecule has 0 aliphatic heterocycles. The number of fused-ring (bicyclic) bond motifs is 1. The molecule has 0 aliphatic carbocycles. The standard InChI is InChI=1S/C14H11ClN4O/c15-11-5-3-4-10(8-11)14(20)16-9-13-18-17-12-6-1-2-7-19(12)13/h1-8H,9H2,(H,16,20). The molecule has 3 aromatic rings. The number of rotatable bonds is 3. The van der Waals surface area contributed by atoms with Gasteiger partial charge in [0.2, 0.25) is 0 Å². The van der Waals surface area contributed by atoms with Gasteiger partial charge in [-0.05, 0) is 30.3 Å². The van der Waals surface area contributed by atoms with Crippen molar-refractivity contribution in [3.05, 3.63) is 65.1 Å². The Balaban J connectivity index is 1.75. The van der Waals surface area contributed by atoms with Crippen LogP contribution in [0.25, 0.3) is 5.65 Å². The van der Waals surface area contributed by atoms with Gasteiger partial charge in [0.25, 0.3) is 5.91 Å². The second kappa shape index (κ2) is 5.30. The number of benzene rings is 1. The lowest BCUT2D eigenvalue weighted by atomic mass is 10.2. The van der Waals surface area contributed by atoms with Crippen LogP contribution in [0, 0.1) is 0 Å². The lowest BCUT2D eigenvalue weighted by molar-refractivity contribution is 0.0950. The van der Waals surface area contributed by atoms with Gasteiger partial charge in [-0.2, -0.15) is 0 Å². The Hall–Kier alpha value is -2.40. The van der Waals surface area contributed by atoms with Gasteiger partial charge in [0.1, 0.15) is 0 Å². The number of nitrogens with one attached hydrogen (secondary N) is 1. The van der Waals surface area contributed by atoms with Crippen LogP contribution in [0.15, 0.2) is 48.7 Å². The minimum atomic E-state index is -0.194. The zero-order valence-electron chi connectivity index (χ0n) is 10.5. The average molecular weight is 287 g/mol. The summed E-state index contributed by atoms with van der Waals surface area (Å²) in [5.74, 6) is 0.483. The molecule has 20 heavy (non-hydrogen) atoms. The highest BCUT2D eigenvalue weighted by atomic mass is 35.5. The third-order valence-electron chi connectivity index (χ3n) is 2.88. The van der Waals surface area contributed by atoms with E-state index in [1.54, 1.807) is 24.3 Å². The van der Waals surface area contributed by atoms with Gasteiger partial charge in [-0.1, -0.05) is 23.7 Å². The summed E-state index contributed by atoms with van der Waals surface area (Å²) in [5.41, 5.74) is 1.27. The Morgan fingerprint density at radius 3 is 2.95 bits per heavy atom. The second-order valence-electron chi connectivity index (χ2n) is 4.24. The maximum absolute atomic E-state index is 12.0. The van der Waals surface area contributed by atoms with Crippen LogP contribution in [0.1, 0.15) is 16.2 Å². The largest absolute Gasteiger partial charge is 0.345 e. The van der Waals surface area contributed by atoms with E-state index in [-0.39, 0.29) is 5.91 Å². The first-order valence-electron chi connectivity index (χ1n) is 6.06. The van der Waals surface area contributed by atoms with E-state index in [4.69, 9.17) is 11.6 Å². The van der Waals surface area contributed by atoms with E-state index >= 15 is 0 Å². The average Bonchev–Trinajstić information content (AvgIpc) is 2.88. The predicted molar refractivity (Wildman–Crippen MR) is 75.6 cm³/mol. The highest BCUT2D eigenvalue weighted by Gasteiger charge is 2.08. The van der Waals surface area contributed by atoms with Crippen LogP contribution in [0.5, 0.6) is 0 Å². The molecule has 1 aromatic carbocycles. The van der Waals surface area contributed by atoms with Crippen LogP contribution in [-0.2, 0) is 6.54 Å². The number of pyridine rings is 1. The van der Waals surface area contributed by atoms with Gasteiger partial charge < -0.3 is 5.32 Å². The summed E-state index contributed by atoms with van der Waals surface area (Å²) in [5, 5.41) is 11.4. The number of hydrogen-bond acceptors (Lipinski definition) is 3. The van der Waals surface area contributed by atoms with Crippen LogP contribution in [0.2, 0.25) is 5.02 Å². The summed E-state index contributed by atoms with van der Waals surface area (Å²) in [6.07, 6.45) is 1.86. The minimum Gasteiger partial charge on any atom is -0.345 e. The molecule has 0 radical (unpaired) electrons. The number of halogens is 1. The molecule has 0 bridgehead atoms. The molecular weight excluding hydrogens is 276 g/mol. The van der Waals surface area contributed by atoms with E-state index < -0.39 is 0 Å². The number of amides is 1. The first-order chi connectivity index (χ1) is 9.74. The molecule has 0 atom stereocenters. The Bertz CT molecular complexity index is 768. The van der Waals surface area contributed by atoms with E-state index in [2.05, 4.69) is 15.5 Å². The van der Waals surface area contributed by atoms with Gasteiger partial charge in [-0.15, -0.1) is 10.2 Å². The quantitative estimate of drug-likeness (QED) is 0.804. The zero-order chi connectivity index (χ0) is 13.9. The lowest BCUT2D eigenvalue weighted by Crippen LogP contribution is -2.23. The second-order valence-corrected chi connectivity index (χ2v) is 4.67. The van der Waals surface area contributed by atoms with Crippen molar-refractivity contribution in [1.82, 2.24) is 19.9 Å². The Labute approximate surface area is 120 Å². The molecule has 5 nitrogen and oxygen atoms in total. The van der Waals surface area contributed by atoms with Crippen LogP contribution < -0.4 is 5.32 Å². The third-order valence-corrected chi connectivity index (χ3v) is 3.11. The summed E-state index contributed by atoms with van der Waals surface area (Å²) in [7, 11) is 0. The molecule has 0 spiro atoms. The number of carbonyl (C=O) groups is 1. The molecule has 1 amide bonds. The predicted octanol–water partition coefficient (Wildman–Crippen LogP) is 2.31. The van der Waals surface area contributed by atoms with E-state index in [0.717, 1.165) is 5.65 Å². The fourth-order valence-corrected chi connectivity index (χ4v) is 2.09. The molecule has 0 fully saturated rings. The molecule has 100 valence electrons. The third kappa shape index (κ3) is 2.48. The van der Waals surface area contributed by atoms with Crippen molar-refractivity contribution in [3.63, 3.8) is 0 Å². The summed E-state index contributed by atoms with van der Waals surface area (Å²) in [4.78, 5) is 12.0. The molecule has 2 heterocycles. The number of nitrogens with zero attached hydrogens (tertiary/aromatic N) is 3. The van der Waals surface area contributed by atoms with Crippen molar-refractivity contribution < 1.29 is 4.79 Å². The molecule has 0 aliphatic rings. The Kier molecular flexibility index (Phi) is 3.35. The first-order valence-corrected chi connectivity index (χ1v) is 6.44. The lowest BCUT2D eigenvalue weighted by Gasteiger charge is -2.04. The normalized spacial score (nSPS) is 10.7. The molecular formula is C14H11ClN4O. The molecule has 0 unspecified atom stereocenters. The minimum absolute atomic E-state index is 0.194. The molecule has 1 N–H and O–H groups in total. The molecule has 6 heteroatoms. The maximum Gasteiger partial charge on any atom is 0.251 e. The van der Waals surface area contributed by atoms with Crippen molar-refractivity contribution in [2.45, 2.75) is 6.54 Å². The summed E-state index contributed by atoms with van der Waals surface area (Å²) in [6.45, 7) is 0.302. The highest BCUT2D eigenvalue weighted by Crippen LogP contribution is 2.10. The van der Waals surface area contributed by atoms with Crippen molar-refractivity contribution in [2.75, 3.05) is 0 Å². The smallest absolute Gasteiger partial charge is 0.251 e. The topological polar surface area (TPSA) is 59.3 Å². The number of aromatic nitrogens is 3. The van der Waals surface area contributed by atoms with Crippen molar-refractivity contribution >= 4 is 23.2 Å². The fourth-order valence-electron chi connectivity index (χ4n) is 1.90. The van der Waals surface area contributed by atoms with Crippen LogP contribution in [-0.4, -0.2) is 20.5 Å². The number of hydrogen-bond donors (Lipinski definition) is 1. The molecule has 0 saturated heterocycles. The van der Waals surface area contributed by atoms with E-state index in [0.29, 0.717) is 23.0 Å². The molecule has 2 aromatic heterocycles. The van der Waals surface area contributed by atoms with Gasteiger partial charge in [0, 0.05) is 16.8 Å². The van der Waals surface area contributed by atoms with E-state index in [1.807, 2.05) is 28.8 Å². The molecule has 0 saturated carbocycles. The van der Waals surface area contributed by atoms with Crippen molar-refractivity contribution in [3.8, 4) is 0 Å². The van der Waals surface area contributed by atoms with Gasteiger partial charge in [-0.3, -0.25) is 9.20 Å². The van der Waals surface area contributed by atoms with E-state index in [9.17, 15) is 4.79 Å². The Morgan fingerprint density at radius 2 is 2.10 bits per heavy atom. The zero-order valence-corrected chi connectivity index (χ0v) is 11.2. The van der Waals surface area contributed by atoms with Gasteiger partial charge in [0.15, 0.2) is 11.5 Å². The monoisotopic (exact) mass is 286 g/mol. The maximum atomic E-state index is 12.0. The number of carbonyl (C=O) groups excluding carboxylic acids is 1. The SMILES string of the molecule is O=C(NCc1nnc2ccccn12)c1cccc(Cl)c1. The fraction of sp³-hybridized carbons (Fsp3) is 0.0714. The van der Waals surface area contributed by atoms with Gasteiger partial charge >= 0.3 is 0 Å². The van der Waals surface area contributed by atoms with Gasteiger partial charge in [0.05, 0.1) is 6.54 Å². The van der Waals surface area contributed by atoms with Crippen LogP contribution >= 0.6 is 11.6 Å². The van der Waals surface area contributed by atoms with Gasteiger partial charge in [-0.25, -0.2) is 0 Å². The first kappa shape index (κ1) is 12.6. The Morgan fingerprint density at radius 1 is 1.20 bits per heavy atom. The highest BCUT2D eigenvalue weighted by molar-refractivity contribution is 6.30. The summed E-state index contributed by atoms with van der Waals surface area (Å²) >= 11 is 5.86. The molecule has 3 rings (SSSR count). The van der Waals surface area contributed by atoms with Crippen LogP contribution in [0.4, 0.5) is 0 Å². The van der Waals surface area contributed by atoms with Crippen molar-refractivity contribution in [2.24, 2.45) is 0 Å². The summed E-state index contributed by atoms with van der Waals surface area (Å²) in [6, 6.07) is 12.4. The van der Waals surface area contributed by atoms with Crippen LogP contribution in [0.3, 0.4) is 0 Å². The van der Waals surface area contributed by atoms with E-state index in [1.165, 1.54) is 0 Å².